The van der Waals surface area contributed by atoms with Crippen molar-refractivity contribution in [3.63, 3.8) is 0 Å². The molecule has 2 unspecified atom stereocenters. The summed E-state index contributed by atoms with van der Waals surface area (Å²) in [4.78, 5) is 7.80. The molecule has 77 heavy (non-hydrogen) atoms. The lowest BCUT2D eigenvalue weighted by Crippen LogP contribution is -2.60. The second-order valence-electron chi connectivity index (χ2n) is 28.6. The summed E-state index contributed by atoms with van der Waals surface area (Å²) in [6, 6.07) is 47.9. The second kappa shape index (κ2) is 16.9. The van der Waals surface area contributed by atoms with Gasteiger partial charge in [-0.1, -0.05) is 182 Å². The van der Waals surface area contributed by atoms with Crippen molar-refractivity contribution in [2.24, 2.45) is 22.7 Å². The summed E-state index contributed by atoms with van der Waals surface area (Å²) in [7, 11) is 0. The van der Waals surface area contributed by atoms with Gasteiger partial charge in [-0.15, -0.1) is 11.3 Å². The van der Waals surface area contributed by atoms with E-state index in [1.165, 1.54) is 99.7 Å². The van der Waals surface area contributed by atoms with Gasteiger partial charge in [0.15, 0.2) is 0 Å². The minimum atomic E-state index is -0.0165. The van der Waals surface area contributed by atoms with Crippen LogP contribution in [0.1, 0.15) is 151 Å². The Labute approximate surface area is 465 Å². The van der Waals surface area contributed by atoms with Crippen LogP contribution < -0.4 is 30.4 Å². The van der Waals surface area contributed by atoms with Gasteiger partial charge in [-0.2, -0.15) is 0 Å². The molecule has 3 heterocycles. The molecule has 1 saturated carbocycles. The molecule has 0 spiro atoms. The first-order chi connectivity index (χ1) is 36.3. The number of hydrogen-bond acceptors (Lipinski definition) is 4. The molecule has 390 valence electrons. The van der Waals surface area contributed by atoms with Crippen molar-refractivity contribution in [1.29, 1.82) is 0 Å². The van der Waals surface area contributed by atoms with E-state index >= 15 is 0 Å². The second-order valence-corrected chi connectivity index (χ2v) is 29.7. The summed E-state index contributed by atoms with van der Waals surface area (Å²) in [6.07, 6.45) is 16.1. The molecule has 0 amide bonds. The largest absolute Gasteiger partial charge is 0.311 e. The maximum atomic E-state index is 2.72. The highest BCUT2D eigenvalue weighted by atomic mass is 32.1. The Morgan fingerprint density at radius 1 is 0.597 bits per heavy atom. The van der Waals surface area contributed by atoms with Crippen molar-refractivity contribution in [3.8, 4) is 0 Å². The van der Waals surface area contributed by atoms with Crippen LogP contribution in [0.15, 0.2) is 163 Å². The standard InChI is InChI=1S/C72H78BN3S/c1-67(2,3)44-23-29-47(30-24-44)74(48-31-25-45(26-32-48)68(4,5)6)51-36-38-59-62(40-51)75(49-33-27-46(28-34-49)69(7,8)9)60-21-18-22-61-64(60)73(59)66-65(76(61)50-35-37-56-58(39-50)71(12,13)43-70(56,10)11)54-41-53-52-19-16-17-20-55(52)72(14,15)57(53)42-63(54)77-66/h16,18-19,21-42,56,58H,17,20,43H2,1-15H3. The topological polar surface area (TPSA) is 9.72 Å². The van der Waals surface area contributed by atoms with Crippen molar-refractivity contribution < 1.29 is 0 Å². The molecule has 2 atom stereocenters. The van der Waals surface area contributed by atoms with Crippen LogP contribution in [0.5, 0.6) is 0 Å². The number of thiophene rings is 1. The van der Waals surface area contributed by atoms with Gasteiger partial charge in [0.25, 0.3) is 6.71 Å². The average Bonchev–Trinajstić information content (AvgIpc) is 3.94. The van der Waals surface area contributed by atoms with Gasteiger partial charge in [0.05, 0.1) is 5.69 Å². The summed E-state index contributed by atoms with van der Waals surface area (Å²) < 4.78 is 2.81. The predicted octanol–water partition coefficient (Wildman–Crippen LogP) is 18.6. The van der Waals surface area contributed by atoms with E-state index in [1.54, 1.807) is 5.57 Å². The third-order valence-electron chi connectivity index (χ3n) is 19.0. The minimum Gasteiger partial charge on any atom is -0.311 e. The Morgan fingerprint density at radius 3 is 1.78 bits per heavy atom. The van der Waals surface area contributed by atoms with E-state index in [-0.39, 0.29) is 39.2 Å². The summed E-state index contributed by atoms with van der Waals surface area (Å²) in [5, 5.41) is 1.37. The van der Waals surface area contributed by atoms with Crippen LogP contribution in [0.3, 0.4) is 0 Å². The number of nitrogens with zero attached hydrogens (tertiary/aromatic N) is 3. The molecule has 5 heteroatoms. The first kappa shape index (κ1) is 50.2. The van der Waals surface area contributed by atoms with Gasteiger partial charge in [0, 0.05) is 65.8 Å². The SMILES string of the molecule is CC(C)(C)c1ccc(N(c2ccc(C(C)(C)C)cc2)c2ccc3c(c2)N(c2ccc(C(C)(C)C)cc2)c2cccc4c2B3c2sc3cc5c(cc3c2N4C2=CC3C(C=C2)C(C)(C)CC3(C)C)C2=C(CCC=C2)C5(C)C)cc1. The highest BCUT2D eigenvalue weighted by Crippen LogP contribution is 2.60. The Morgan fingerprint density at radius 2 is 1.17 bits per heavy atom. The molecule has 6 aromatic carbocycles. The molecule has 0 bridgehead atoms. The Hall–Kier alpha value is -6.30. The fourth-order valence-corrected chi connectivity index (χ4v) is 16.4. The molecule has 13 rings (SSSR count). The molecule has 4 aliphatic carbocycles. The van der Waals surface area contributed by atoms with E-state index in [4.69, 9.17) is 0 Å². The number of hydrogen-bond donors (Lipinski definition) is 0. The van der Waals surface area contributed by atoms with Gasteiger partial charge in [0.2, 0.25) is 0 Å². The van der Waals surface area contributed by atoms with E-state index in [1.807, 2.05) is 11.3 Å². The highest BCUT2D eigenvalue weighted by molar-refractivity contribution is 7.33. The summed E-state index contributed by atoms with van der Waals surface area (Å²) in [5.74, 6) is 0.929. The summed E-state index contributed by atoms with van der Waals surface area (Å²) >= 11 is 2.04. The molecule has 1 fully saturated rings. The van der Waals surface area contributed by atoms with Gasteiger partial charge in [-0.25, -0.2) is 0 Å². The van der Waals surface area contributed by atoms with Crippen LogP contribution in [-0.4, -0.2) is 6.71 Å². The van der Waals surface area contributed by atoms with Gasteiger partial charge in [-0.3, -0.25) is 0 Å². The van der Waals surface area contributed by atoms with Crippen molar-refractivity contribution in [2.45, 2.75) is 145 Å². The molecule has 0 N–H and O–H groups in total. The van der Waals surface area contributed by atoms with Crippen molar-refractivity contribution >= 4 is 94.9 Å². The van der Waals surface area contributed by atoms with E-state index in [0.717, 1.165) is 29.9 Å². The average molecular weight is 1030 g/mol. The lowest BCUT2D eigenvalue weighted by atomic mass is 9.36. The summed E-state index contributed by atoms with van der Waals surface area (Å²) in [5.41, 5.74) is 24.2. The van der Waals surface area contributed by atoms with Crippen LogP contribution in [0.4, 0.5) is 45.5 Å². The normalized spacial score (nSPS) is 20.4. The highest BCUT2D eigenvalue weighted by Gasteiger charge is 2.53. The molecule has 0 radical (unpaired) electrons. The monoisotopic (exact) mass is 1030 g/mol. The molecule has 0 saturated heterocycles. The van der Waals surface area contributed by atoms with E-state index in [0.29, 0.717) is 11.8 Å². The molecule has 7 aromatic rings. The zero-order chi connectivity index (χ0) is 54.1. The van der Waals surface area contributed by atoms with Crippen LogP contribution in [0.2, 0.25) is 0 Å². The third-order valence-corrected chi connectivity index (χ3v) is 20.2. The molecule has 1 aromatic heterocycles. The van der Waals surface area contributed by atoms with Crippen molar-refractivity contribution in [3.05, 3.63) is 191 Å². The number of rotatable bonds is 5. The van der Waals surface area contributed by atoms with Gasteiger partial charge in [0.1, 0.15) is 0 Å². The van der Waals surface area contributed by atoms with E-state index in [2.05, 4.69) is 270 Å². The Kier molecular flexibility index (Phi) is 11.0. The number of fused-ring (bicyclic) bond motifs is 9. The molecule has 2 aliphatic heterocycles. The van der Waals surface area contributed by atoms with E-state index in [9.17, 15) is 0 Å². The van der Waals surface area contributed by atoms with Crippen LogP contribution in [-0.2, 0) is 21.7 Å². The zero-order valence-corrected chi connectivity index (χ0v) is 49.4. The number of benzene rings is 6. The first-order valence-corrected chi connectivity index (χ1v) is 29.5. The van der Waals surface area contributed by atoms with Gasteiger partial charge >= 0.3 is 0 Å². The third kappa shape index (κ3) is 7.78. The first-order valence-electron chi connectivity index (χ1n) is 28.7. The Bertz CT molecular complexity index is 3640. The maximum Gasteiger partial charge on any atom is 0.264 e. The smallest absolute Gasteiger partial charge is 0.264 e. The fourth-order valence-electron chi connectivity index (χ4n) is 15.1. The fraction of sp³-hybridized carbons (Fsp3) is 0.361. The Balaban J connectivity index is 1.07. The minimum absolute atomic E-state index is 0.0135. The van der Waals surface area contributed by atoms with Crippen LogP contribution in [0, 0.1) is 22.7 Å². The number of allylic oxidation sites excluding steroid dienone is 7. The quantitative estimate of drug-likeness (QED) is 0.159. The van der Waals surface area contributed by atoms with Gasteiger partial charge < -0.3 is 14.7 Å². The summed E-state index contributed by atoms with van der Waals surface area (Å²) in [6.45, 7) is 35.7. The molecule has 6 aliphatic rings. The molecular formula is C72H78BN3S. The van der Waals surface area contributed by atoms with Crippen molar-refractivity contribution in [1.82, 2.24) is 0 Å². The molecular weight excluding hydrogens is 950 g/mol. The maximum absolute atomic E-state index is 2.72. The van der Waals surface area contributed by atoms with Gasteiger partial charge in [-0.05, 0) is 181 Å². The lowest BCUT2D eigenvalue weighted by Gasteiger charge is -2.44. The van der Waals surface area contributed by atoms with Crippen LogP contribution >= 0.6 is 11.3 Å². The number of anilines is 8. The lowest BCUT2D eigenvalue weighted by molar-refractivity contribution is 0.282. The van der Waals surface area contributed by atoms with E-state index < -0.39 is 0 Å². The zero-order valence-electron chi connectivity index (χ0n) is 48.5. The van der Waals surface area contributed by atoms with Crippen molar-refractivity contribution in [2.75, 3.05) is 14.7 Å². The predicted molar refractivity (Wildman–Crippen MR) is 335 cm³/mol. The molecule has 3 nitrogen and oxygen atoms in total. The van der Waals surface area contributed by atoms with Crippen LogP contribution in [0.25, 0.3) is 15.7 Å².